The first-order valence-corrected chi connectivity index (χ1v) is 7.15. The van der Waals surface area contributed by atoms with Crippen LogP contribution in [0.2, 0.25) is 0 Å². The summed E-state index contributed by atoms with van der Waals surface area (Å²) in [5.41, 5.74) is 2.67. The van der Waals surface area contributed by atoms with Gasteiger partial charge in [0.05, 0.1) is 18.3 Å². The molecule has 3 rings (SSSR count). The Hall–Kier alpha value is -2.96. The summed E-state index contributed by atoms with van der Waals surface area (Å²) in [7, 11) is 1.62. The van der Waals surface area contributed by atoms with Crippen LogP contribution in [-0.2, 0) is 0 Å². The van der Waals surface area contributed by atoms with Gasteiger partial charge in [0.2, 0.25) is 11.9 Å². The van der Waals surface area contributed by atoms with Gasteiger partial charge in [-0.05, 0) is 39.0 Å². The lowest BCUT2D eigenvalue weighted by Gasteiger charge is -2.09. The molecule has 0 amide bonds. The van der Waals surface area contributed by atoms with Crippen LogP contribution in [0.4, 0.5) is 11.9 Å². The number of aromatic nitrogens is 4. The van der Waals surface area contributed by atoms with Crippen molar-refractivity contribution in [1.82, 2.24) is 19.9 Å². The Labute approximate surface area is 132 Å². The highest BCUT2D eigenvalue weighted by atomic mass is 16.5. The van der Waals surface area contributed by atoms with Gasteiger partial charge in [0.15, 0.2) is 0 Å². The second kappa shape index (κ2) is 5.68. The molecule has 0 fully saturated rings. The van der Waals surface area contributed by atoms with Gasteiger partial charge in [-0.15, -0.1) is 0 Å². The van der Waals surface area contributed by atoms with E-state index in [0.717, 1.165) is 28.0 Å². The van der Waals surface area contributed by atoms with Gasteiger partial charge in [-0.25, -0.2) is 9.97 Å². The smallest absolute Gasteiger partial charge is 0.277 e. The van der Waals surface area contributed by atoms with Crippen LogP contribution >= 0.6 is 0 Å². The van der Waals surface area contributed by atoms with Crippen LogP contribution in [0.25, 0.3) is 10.9 Å². The number of fused-ring (bicyclic) bond motifs is 1. The molecule has 3 aromatic rings. The number of H-pyrrole nitrogens is 1. The van der Waals surface area contributed by atoms with Crippen LogP contribution in [0, 0.1) is 20.8 Å². The fraction of sp³-hybridized carbons (Fsp3) is 0.250. The molecule has 2 aromatic heterocycles. The summed E-state index contributed by atoms with van der Waals surface area (Å²) >= 11 is 0. The Morgan fingerprint density at radius 2 is 1.91 bits per heavy atom. The lowest BCUT2D eigenvalue weighted by atomic mass is 10.2. The third kappa shape index (κ3) is 2.85. The van der Waals surface area contributed by atoms with E-state index in [9.17, 15) is 4.79 Å². The van der Waals surface area contributed by atoms with Crippen LogP contribution in [0.3, 0.4) is 0 Å². The number of hydrogen-bond acceptors (Lipinski definition) is 6. The quantitative estimate of drug-likeness (QED) is 0.771. The molecule has 1 aromatic carbocycles. The van der Waals surface area contributed by atoms with Gasteiger partial charge in [-0.1, -0.05) is 0 Å². The highest BCUT2D eigenvalue weighted by Crippen LogP contribution is 2.23. The van der Waals surface area contributed by atoms with Gasteiger partial charge in [0, 0.05) is 16.6 Å². The highest BCUT2D eigenvalue weighted by Gasteiger charge is 2.09. The molecule has 0 radical (unpaired) electrons. The molecular weight excluding hydrogens is 294 g/mol. The van der Waals surface area contributed by atoms with Gasteiger partial charge in [-0.2, -0.15) is 4.98 Å². The molecule has 118 valence electrons. The van der Waals surface area contributed by atoms with E-state index in [1.54, 1.807) is 14.0 Å². The molecule has 7 heteroatoms. The summed E-state index contributed by atoms with van der Waals surface area (Å²) in [6.45, 7) is 5.45. The van der Waals surface area contributed by atoms with Crippen LogP contribution < -0.4 is 15.6 Å². The van der Waals surface area contributed by atoms with Crippen LogP contribution in [0.1, 0.15) is 17.0 Å². The van der Waals surface area contributed by atoms with E-state index in [1.807, 2.05) is 32.0 Å². The number of hydrogen-bond donors (Lipinski definition) is 2. The number of nitrogens with one attached hydrogen (secondary N) is 2. The van der Waals surface area contributed by atoms with Crippen molar-refractivity contribution in [2.75, 3.05) is 12.4 Å². The van der Waals surface area contributed by atoms with Crippen molar-refractivity contribution < 1.29 is 4.74 Å². The molecule has 0 bridgehead atoms. The third-order valence-electron chi connectivity index (χ3n) is 3.73. The molecule has 0 unspecified atom stereocenters. The van der Waals surface area contributed by atoms with E-state index in [1.165, 1.54) is 0 Å². The van der Waals surface area contributed by atoms with Crippen molar-refractivity contribution in [3.05, 3.63) is 45.5 Å². The number of rotatable bonds is 3. The minimum Gasteiger partial charge on any atom is -0.497 e. The fourth-order valence-corrected chi connectivity index (χ4v) is 2.25. The van der Waals surface area contributed by atoms with E-state index in [2.05, 4.69) is 25.3 Å². The second-order valence-corrected chi connectivity index (χ2v) is 5.28. The predicted octanol–water partition coefficient (Wildman–Crippen LogP) is 2.39. The second-order valence-electron chi connectivity index (χ2n) is 5.28. The SMILES string of the molecule is COc1ccc2nc(Nc3nc(=O)c(C)c(C)[nH]3)nc(C)c2c1. The fourth-order valence-electron chi connectivity index (χ4n) is 2.25. The number of anilines is 2. The first-order valence-electron chi connectivity index (χ1n) is 7.15. The standard InChI is InChI=1S/C16H17N5O2/c1-8-9(2)17-16(20-14(8)22)21-15-18-10(3)12-7-11(23-4)5-6-13(12)19-15/h5-7H,1-4H3,(H2,17,18,19,20,21,22). The van der Waals surface area contributed by atoms with E-state index in [-0.39, 0.29) is 5.56 Å². The highest BCUT2D eigenvalue weighted by molar-refractivity contribution is 5.83. The average molecular weight is 311 g/mol. The molecule has 2 heterocycles. The number of aromatic amines is 1. The first-order chi connectivity index (χ1) is 11.0. The topological polar surface area (TPSA) is 92.8 Å². The summed E-state index contributed by atoms with van der Waals surface area (Å²) in [6, 6.07) is 5.60. The summed E-state index contributed by atoms with van der Waals surface area (Å²) in [4.78, 5) is 27.6. The summed E-state index contributed by atoms with van der Waals surface area (Å²) in [5, 5.41) is 3.87. The first kappa shape index (κ1) is 15.0. The maximum atomic E-state index is 11.8. The molecule has 2 N–H and O–H groups in total. The van der Waals surface area contributed by atoms with Gasteiger partial charge in [-0.3, -0.25) is 10.1 Å². The number of aryl methyl sites for hydroxylation is 2. The summed E-state index contributed by atoms with van der Waals surface area (Å²) in [5.74, 6) is 1.46. The zero-order valence-electron chi connectivity index (χ0n) is 13.4. The normalized spacial score (nSPS) is 10.8. The van der Waals surface area contributed by atoms with Crippen LogP contribution in [0.15, 0.2) is 23.0 Å². The summed E-state index contributed by atoms with van der Waals surface area (Å²) < 4.78 is 5.22. The number of ether oxygens (including phenoxy) is 1. The maximum Gasteiger partial charge on any atom is 0.277 e. The number of methoxy groups -OCH3 is 1. The van der Waals surface area contributed by atoms with Gasteiger partial charge in [0.1, 0.15) is 5.75 Å². The van der Waals surface area contributed by atoms with Crippen molar-refractivity contribution in [2.45, 2.75) is 20.8 Å². The molecule has 0 aliphatic rings. The summed E-state index contributed by atoms with van der Waals surface area (Å²) in [6.07, 6.45) is 0. The number of benzene rings is 1. The Bertz CT molecular complexity index is 949. The molecule has 0 aliphatic carbocycles. The Morgan fingerprint density at radius 1 is 1.13 bits per heavy atom. The molecule has 7 nitrogen and oxygen atoms in total. The minimum atomic E-state index is -0.272. The molecule has 23 heavy (non-hydrogen) atoms. The molecule has 0 aliphatic heterocycles. The van der Waals surface area contributed by atoms with E-state index in [0.29, 0.717) is 17.5 Å². The Kier molecular flexibility index (Phi) is 3.69. The zero-order valence-corrected chi connectivity index (χ0v) is 13.4. The van der Waals surface area contributed by atoms with Crippen molar-refractivity contribution in [2.24, 2.45) is 0 Å². The van der Waals surface area contributed by atoms with Crippen molar-refractivity contribution in [3.63, 3.8) is 0 Å². The van der Waals surface area contributed by atoms with Crippen LogP contribution in [0.5, 0.6) is 5.75 Å². The third-order valence-corrected chi connectivity index (χ3v) is 3.73. The zero-order chi connectivity index (χ0) is 16.6. The van der Waals surface area contributed by atoms with Crippen LogP contribution in [-0.4, -0.2) is 27.0 Å². The lowest BCUT2D eigenvalue weighted by Crippen LogP contribution is -2.16. The Morgan fingerprint density at radius 3 is 2.61 bits per heavy atom. The molecule has 0 saturated heterocycles. The molecular formula is C16H17N5O2. The van der Waals surface area contributed by atoms with Gasteiger partial charge >= 0.3 is 0 Å². The largest absolute Gasteiger partial charge is 0.497 e. The maximum absolute atomic E-state index is 11.8. The molecule has 0 spiro atoms. The molecule has 0 atom stereocenters. The van der Waals surface area contributed by atoms with E-state index < -0.39 is 0 Å². The van der Waals surface area contributed by atoms with Gasteiger partial charge in [0.25, 0.3) is 5.56 Å². The average Bonchev–Trinajstić information content (AvgIpc) is 2.52. The molecule has 0 saturated carbocycles. The predicted molar refractivity (Wildman–Crippen MR) is 88.4 cm³/mol. The Balaban J connectivity index is 2.02. The van der Waals surface area contributed by atoms with E-state index in [4.69, 9.17) is 4.74 Å². The van der Waals surface area contributed by atoms with E-state index >= 15 is 0 Å². The van der Waals surface area contributed by atoms with Crippen molar-refractivity contribution >= 4 is 22.8 Å². The van der Waals surface area contributed by atoms with Crippen molar-refractivity contribution in [3.8, 4) is 5.75 Å². The number of nitrogens with zero attached hydrogens (tertiary/aromatic N) is 3. The minimum absolute atomic E-state index is 0.272. The van der Waals surface area contributed by atoms with Crippen molar-refractivity contribution in [1.29, 1.82) is 0 Å². The monoisotopic (exact) mass is 311 g/mol. The lowest BCUT2D eigenvalue weighted by molar-refractivity contribution is 0.415. The van der Waals surface area contributed by atoms with Gasteiger partial charge < -0.3 is 9.72 Å².